The fraction of sp³-hybridized carbons (Fsp3) is 0.0500. The second-order valence-electron chi connectivity index (χ2n) is 5.90. The molecule has 0 aliphatic carbocycles. The van der Waals surface area contributed by atoms with Gasteiger partial charge < -0.3 is 10.7 Å². The van der Waals surface area contributed by atoms with Crippen LogP contribution in [-0.2, 0) is 6.18 Å². The Bertz CT molecular complexity index is 1120. The molecule has 0 unspecified atom stereocenters. The second-order valence-corrected chi connectivity index (χ2v) is 6.34. The number of alkyl halides is 3. The van der Waals surface area contributed by atoms with Crippen molar-refractivity contribution in [1.82, 2.24) is 9.78 Å². The Morgan fingerprint density at radius 2 is 1.86 bits per heavy atom. The van der Waals surface area contributed by atoms with E-state index < -0.39 is 17.2 Å². The van der Waals surface area contributed by atoms with Crippen LogP contribution in [0.1, 0.15) is 11.3 Å². The molecule has 0 atom stereocenters. The highest BCUT2D eigenvalue weighted by Crippen LogP contribution is 2.30. The Morgan fingerprint density at radius 1 is 1.14 bits per heavy atom. The van der Waals surface area contributed by atoms with E-state index in [2.05, 4.69) is 10.4 Å². The van der Waals surface area contributed by atoms with Crippen molar-refractivity contribution < 1.29 is 13.2 Å². The molecule has 0 bridgehead atoms. The van der Waals surface area contributed by atoms with Crippen molar-refractivity contribution in [3.05, 3.63) is 93.4 Å². The fourth-order valence-corrected chi connectivity index (χ4v) is 2.64. The molecule has 29 heavy (non-hydrogen) atoms. The first kappa shape index (κ1) is 20.3. The predicted octanol–water partition coefficient (Wildman–Crippen LogP) is 5.01. The third-order valence-corrected chi connectivity index (χ3v) is 4.13. The lowest BCUT2D eigenvalue weighted by Crippen LogP contribution is -2.18. The van der Waals surface area contributed by atoms with Gasteiger partial charge in [-0.2, -0.15) is 18.3 Å². The van der Waals surface area contributed by atoms with Gasteiger partial charge in [-0.15, -0.1) is 0 Å². The van der Waals surface area contributed by atoms with Crippen LogP contribution < -0.4 is 10.7 Å². The smallest absolute Gasteiger partial charge is 0.354 e. The van der Waals surface area contributed by atoms with Crippen LogP contribution in [0.25, 0.3) is 11.4 Å². The number of nitrogens with zero attached hydrogens (tertiary/aromatic N) is 2. The van der Waals surface area contributed by atoms with E-state index in [1.165, 1.54) is 35.2 Å². The predicted molar refractivity (Wildman–Crippen MR) is 107 cm³/mol. The van der Waals surface area contributed by atoms with Crippen molar-refractivity contribution >= 4 is 29.2 Å². The van der Waals surface area contributed by atoms with Crippen LogP contribution in [0.3, 0.4) is 0 Å². The molecule has 0 saturated carbocycles. The molecule has 0 spiro atoms. The Balaban J connectivity index is 2.03. The lowest BCUT2D eigenvalue weighted by molar-refractivity contribution is -0.137. The van der Waals surface area contributed by atoms with Gasteiger partial charge >= 0.3 is 6.18 Å². The van der Waals surface area contributed by atoms with Crippen molar-refractivity contribution in [2.75, 3.05) is 5.32 Å². The number of allylic oxidation sites excluding steroid dienone is 1. The van der Waals surface area contributed by atoms with Crippen LogP contribution in [0.5, 0.6) is 0 Å². The largest absolute Gasteiger partial charge is 0.416 e. The van der Waals surface area contributed by atoms with Crippen LogP contribution in [0.4, 0.5) is 18.9 Å². The van der Waals surface area contributed by atoms with E-state index in [0.29, 0.717) is 10.7 Å². The highest BCUT2D eigenvalue weighted by molar-refractivity contribution is 6.30. The SMILES string of the molecule is N=C/C=C(\Nc1ccc(Cl)cc1)c1nn(-c2cccc(C(F)(F)F)c2)ccc1=O. The van der Waals surface area contributed by atoms with Crippen molar-refractivity contribution in [2.45, 2.75) is 6.18 Å². The van der Waals surface area contributed by atoms with Gasteiger partial charge in [-0.25, -0.2) is 4.68 Å². The van der Waals surface area contributed by atoms with Gasteiger partial charge in [0.2, 0.25) is 5.43 Å². The molecule has 3 aromatic rings. The zero-order chi connectivity index (χ0) is 21.0. The summed E-state index contributed by atoms with van der Waals surface area (Å²) in [6.45, 7) is 0. The molecule has 1 heterocycles. The minimum absolute atomic E-state index is 0.0524. The zero-order valence-electron chi connectivity index (χ0n) is 14.7. The van der Waals surface area contributed by atoms with Crippen LogP contribution in [0.15, 0.2) is 71.7 Å². The molecule has 0 aliphatic heterocycles. The topological polar surface area (TPSA) is 70.8 Å². The number of nitrogens with one attached hydrogen (secondary N) is 2. The number of halogens is 4. The average molecular weight is 419 g/mol. The Hall–Kier alpha value is -3.39. The molecular weight excluding hydrogens is 405 g/mol. The third kappa shape index (κ3) is 4.91. The number of anilines is 1. The third-order valence-electron chi connectivity index (χ3n) is 3.87. The highest BCUT2D eigenvalue weighted by Gasteiger charge is 2.30. The highest BCUT2D eigenvalue weighted by atomic mass is 35.5. The first-order valence-corrected chi connectivity index (χ1v) is 8.67. The summed E-state index contributed by atoms with van der Waals surface area (Å²) in [6.07, 6.45) is -0.916. The number of hydrogen-bond acceptors (Lipinski definition) is 4. The molecule has 0 aliphatic rings. The molecule has 0 amide bonds. The molecule has 148 valence electrons. The van der Waals surface area contributed by atoms with Gasteiger partial charge in [0.1, 0.15) is 0 Å². The minimum atomic E-state index is -4.50. The van der Waals surface area contributed by atoms with E-state index in [1.807, 2.05) is 0 Å². The molecule has 3 rings (SSSR count). The van der Waals surface area contributed by atoms with Gasteiger partial charge in [0.05, 0.1) is 16.9 Å². The van der Waals surface area contributed by atoms with Crippen molar-refractivity contribution in [1.29, 1.82) is 5.41 Å². The van der Waals surface area contributed by atoms with Gasteiger partial charge in [-0.05, 0) is 48.5 Å². The summed E-state index contributed by atoms with van der Waals surface area (Å²) in [7, 11) is 0. The van der Waals surface area contributed by atoms with E-state index in [4.69, 9.17) is 17.0 Å². The number of hydrogen-bond donors (Lipinski definition) is 2. The van der Waals surface area contributed by atoms with Crippen molar-refractivity contribution in [3.63, 3.8) is 0 Å². The monoisotopic (exact) mass is 418 g/mol. The van der Waals surface area contributed by atoms with E-state index in [1.54, 1.807) is 24.3 Å². The summed E-state index contributed by atoms with van der Waals surface area (Å²) in [5.41, 5.74) is -0.383. The molecule has 9 heteroatoms. The zero-order valence-corrected chi connectivity index (χ0v) is 15.5. The maximum atomic E-state index is 13.0. The van der Waals surface area contributed by atoms with E-state index in [0.717, 1.165) is 18.3 Å². The molecule has 1 aromatic heterocycles. The van der Waals surface area contributed by atoms with E-state index >= 15 is 0 Å². The molecule has 0 fully saturated rings. The quantitative estimate of drug-likeness (QED) is 0.572. The van der Waals surface area contributed by atoms with Gasteiger partial charge in [0.15, 0.2) is 5.69 Å². The van der Waals surface area contributed by atoms with Crippen LogP contribution in [0.2, 0.25) is 5.02 Å². The van der Waals surface area contributed by atoms with Crippen LogP contribution >= 0.6 is 11.6 Å². The lowest BCUT2D eigenvalue weighted by Gasteiger charge is -2.13. The van der Waals surface area contributed by atoms with Crippen LogP contribution in [-0.4, -0.2) is 16.0 Å². The summed E-state index contributed by atoms with van der Waals surface area (Å²) in [4.78, 5) is 12.4. The molecule has 2 N–H and O–H groups in total. The molecule has 5 nitrogen and oxygen atoms in total. The van der Waals surface area contributed by atoms with Crippen LogP contribution in [0, 0.1) is 5.41 Å². The maximum Gasteiger partial charge on any atom is 0.416 e. The fourth-order valence-electron chi connectivity index (χ4n) is 2.51. The van der Waals surface area contributed by atoms with Crippen molar-refractivity contribution in [3.8, 4) is 5.69 Å². The minimum Gasteiger partial charge on any atom is -0.354 e. The number of benzene rings is 2. The number of rotatable bonds is 5. The maximum absolute atomic E-state index is 13.0. The normalized spacial score (nSPS) is 11.9. The van der Waals surface area contributed by atoms with E-state index in [-0.39, 0.29) is 17.1 Å². The van der Waals surface area contributed by atoms with E-state index in [9.17, 15) is 18.0 Å². The summed E-state index contributed by atoms with van der Waals surface area (Å²) in [5, 5.41) is 15.0. The van der Waals surface area contributed by atoms with Gasteiger partial charge in [0.25, 0.3) is 0 Å². The summed E-state index contributed by atoms with van der Waals surface area (Å²) >= 11 is 5.86. The average Bonchev–Trinajstić information content (AvgIpc) is 2.69. The Labute approximate surface area is 168 Å². The molecule has 0 radical (unpaired) electrons. The number of aromatic nitrogens is 2. The molecule has 0 saturated heterocycles. The lowest BCUT2D eigenvalue weighted by atomic mass is 10.2. The molecule has 2 aromatic carbocycles. The van der Waals surface area contributed by atoms with Gasteiger partial charge in [0, 0.05) is 29.2 Å². The first-order valence-electron chi connectivity index (χ1n) is 8.29. The Kier molecular flexibility index (Phi) is 5.84. The Morgan fingerprint density at radius 3 is 2.52 bits per heavy atom. The second kappa shape index (κ2) is 8.32. The summed E-state index contributed by atoms with van der Waals surface area (Å²) in [6, 6.07) is 12.4. The standard InChI is InChI=1S/C20H14ClF3N4O/c21-14-4-6-15(7-5-14)26-17(8-10-25)19-18(29)9-11-28(27-19)16-3-1-2-13(12-16)20(22,23)24/h1-12,25-26H/b17-8-,25-10?. The van der Waals surface area contributed by atoms with Gasteiger partial charge in [-0.1, -0.05) is 17.7 Å². The summed E-state index contributed by atoms with van der Waals surface area (Å²) < 4.78 is 40.2. The van der Waals surface area contributed by atoms with Gasteiger partial charge in [-0.3, -0.25) is 4.79 Å². The summed E-state index contributed by atoms with van der Waals surface area (Å²) in [5.74, 6) is 0. The molecular formula is C20H14ClF3N4O. The van der Waals surface area contributed by atoms with Crippen molar-refractivity contribution in [2.24, 2.45) is 0 Å². The first-order chi connectivity index (χ1) is 13.8.